The van der Waals surface area contributed by atoms with Crippen LogP contribution in [0, 0.1) is 6.92 Å². The summed E-state index contributed by atoms with van der Waals surface area (Å²) in [7, 11) is 0. The lowest BCUT2D eigenvalue weighted by Crippen LogP contribution is -2.48. The summed E-state index contributed by atoms with van der Waals surface area (Å²) in [5.41, 5.74) is 1.08. The highest BCUT2D eigenvalue weighted by Crippen LogP contribution is 2.10. The molecular formula is C11H18N4O. The molecular weight excluding hydrogens is 204 g/mol. The molecule has 0 bridgehead atoms. The number of aromatic nitrogens is 2. The molecule has 1 aliphatic heterocycles. The van der Waals surface area contributed by atoms with Gasteiger partial charge in [-0.05, 0) is 19.4 Å². The van der Waals surface area contributed by atoms with Crippen molar-refractivity contribution in [2.75, 3.05) is 26.2 Å². The fourth-order valence-corrected chi connectivity index (χ4v) is 1.91. The third-order valence-electron chi connectivity index (χ3n) is 2.91. The Kier molecular flexibility index (Phi) is 3.24. The normalized spacial score (nSPS) is 18.5. The van der Waals surface area contributed by atoms with E-state index in [0.717, 1.165) is 31.7 Å². The summed E-state index contributed by atoms with van der Waals surface area (Å²) in [6, 6.07) is -0.202. The number of hydrogen-bond donors (Lipinski definition) is 1. The van der Waals surface area contributed by atoms with Crippen molar-refractivity contribution in [3.63, 3.8) is 0 Å². The molecule has 0 saturated carbocycles. The first-order valence-electron chi connectivity index (χ1n) is 5.69. The first-order chi connectivity index (χ1) is 7.68. The number of hydrogen-bond acceptors (Lipinski definition) is 3. The topological polar surface area (TPSA) is 50.2 Å². The van der Waals surface area contributed by atoms with Crippen LogP contribution in [-0.2, 0) is 4.79 Å². The minimum absolute atomic E-state index is 0.157. The molecule has 2 rings (SSSR count). The second-order valence-corrected chi connectivity index (χ2v) is 4.25. The largest absolute Gasteiger partial charge is 0.338 e. The third kappa shape index (κ3) is 2.24. The minimum Gasteiger partial charge on any atom is -0.338 e. The molecule has 5 nitrogen and oxygen atoms in total. The molecule has 16 heavy (non-hydrogen) atoms. The summed E-state index contributed by atoms with van der Waals surface area (Å²) in [6.45, 7) is 7.24. The molecule has 0 radical (unpaired) electrons. The number of carbonyl (C=O) groups is 1. The minimum atomic E-state index is -0.202. The molecule has 0 spiro atoms. The number of nitrogens with one attached hydrogen (secondary N) is 1. The second kappa shape index (κ2) is 4.65. The van der Waals surface area contributed by atoms with E-state index in [1.165, 1.54) is 0 Å². The number of rotatable bonds is 2. The van der Waals surface area contributed by atoms with Crippen molar-refractivity contribution in [1.82, 2.24) is 20.0 Å². The summed E-state index contributed by atoms with van der Waals surface area (Å²) in [5.74, 6) is 0.157. The van der Waals surface area contributed by atoms with Gasteiger partial charge in [-0.25, -0.2) is 0 Å². The van der Waals surface area contributed by atoms with E-state index < -0.39 is 0 Å². The molecule has 1 fully saturated rings. The summed E-state index contributed by atoms with van der Waals surface area (Å²) >= 11 is 0. The Bertz CT molecular complexity index is 368. The molecule has 88 valence electrons. The molecule has 1 atom stereocenters. The molecule has 1 amide bonds. The van der Waals surface area contributed by atoms with Crippen molar-refractivity contribution in [2.45, 2.75) is 19.9 Å². The Balaban J connectivity index is 2.03. The maximum atomic E-state index is 12.1. The van der Waals surface area contributed by atoms with Crippen molar-refractivity contribution in [2.24, 2.45) is 0 Å². The SMILES string of the molecule is Cc1cnn(C(C)C(=O)N2CCNCC2)c1. The molecule has 1 unspecified atom stereocenters. The fraction of sp³-hybridized carbons (Fsp3) is 0.636. The maximum absolute atomic E-state index is 12.1. The zero-order valence-electron chi connectivity index (χ0n) is 9.81. The molecule has 0 aromatic carbocycles. The van der Waals surface area contributed by atoms with Gasteiger partial charge in [0.15, 0.2) is 0 Å². The summed E-state index contributed by atoms with van der Waals surface area (Å²) in [6.07, 6.45) is 3.69. The lowest BCUT2D eigenvalue weighted by Gasteiger charge is -2.29. The molecule has 1 aromatic heterocycles. The Morgan fingerprint density at radius 2 is 2.19 bits per heavy atom. The van der Waals surface area contributed by atoms with Crippen LogP contribution in [0.4, 0.5) is 0 Å². The molecule has 1 aromatic rings. The zero-order chi connectivity index (χ0) is 11.5. The van der Waals surface area contributed by atoms with Crippen LogP contribution in [0.5, 0.6) is 0 Å². The molecule has 1 N–H and O–H groups in total. The standard InChI is InChI=1S/C11H18N4O/c1-9-7-13-15(8-9)10(2)11(16)14-5-3-12-4-6-14/h7-8,10,12H,3-6H2,1-2H3. The molecule has 1 saturated heterocycles. The van der Waals surface area contributed by atoms with Gasteiger partial charge in [-0.15, -0.1) is 0 Å². The van der Waals surface area contributed by atoms with Crippen LogP contribution in [0.15, 0.2) is 12.4 Å². The highest BCUT2D eigenvalue weighted by atomic mass is 16.2. The van der Waals surface area contributed by atoms with Crippen molar-refractivity contribution >= 4 is 5.91 Å². The van der Waals surface area contributed by atoms with Gasteiger partial charge < -0.3 is 10.2 Å². The molecule has 1 aliphatic rings. The number of nitrogens with zero attached hydrogens (tertiary/aromatic N) is 3. The van der Waals surface area contributed by atoms with E-state index in [0.29, 0.717) is 0 Å². The molecule has 5 heteroatoms. The van der Waals surface area contributed by atoms with Crippen molar-refractivity contribution < 1.29 is 4.79 Å². The van der Waals surface area contributed by atoms with Gasteiger partial charge in [-0.3, -0.25) is 9.48 Å². The van der Waals surface area contributed by atoms with Gasteiger partial charge in [-0.2, -0.15) is 5.10 Å². The quantitative estimate of drug-likeness (QED) is 0.777. The summed E-state index contributed by atoms with van der Waals surface area (Å²) < 4.78 is 1.74. The number of piperazine rings is 1. The van der Waals surface area contributed by atoms with E-state index >= 15 is 0 Å². The Morgan fingerprint density at radius 3 is 2.75 bits per heavy atom. The van der Waals surface area contributed by atoms with Crippen molar-refractivity contribution in [1.29, 1.82) is 0 Å². The van der Waals surface area contributed by atoms with Crippen LogP contribution in [0.3, 0.4) is 0 Å². The van der Waals surface area contributed by atoms with Crippen LogP contribution in [0.1, 0.15) is 18.5 Å². The van der Waals surface area contributed by atoms with Crippen LogP contribution < -0.4 is 5.32 Å². The van der Waals surface area contributed by atoms with Crippen LogP contribution in [-0.4, -0.2) is 46.8 Å². The molecule has 0 aliphatic carbocycles. The zero-order valence-corrected chi connectivity index (χ0v) is 9.81. The third-order valence-corrected chi connectivity index (χ3v) is 2.91. The van der Waals surface area contributed by atoms with Crippen molar-refractivity contribution in [3.8, 4) is 0 Å². The Hall–Kier alpha value is -1.36. The number of carbonyl (C=O) groups excluding carboxylic acids is 1. The highest BCUT2D eigenvalue weighted by Gasteiger charge is 2.23. The monoisotopic (exact) mass is 222 g/mol. The number of aryl methyl sites for hydroxylation is 1. The lowest BCUT2D eigenvalue weighted by atomic mass is 10.2. The fourth-order valence-electron chi connectivity index (χ4n) is 1.91. The van der Waals surface area contributed by atoms with Gasteiger partial charge >= 0.3 is 0 Å². The van der Waals surface area contributed by atoms with Gasteiger partial charge in [0.2, 0.25) is 5.91 Å². The highest BCUT2D eigenvalue weighted by molar-refractivity contribution is 5.80. The van der Waals surface area contributed by atoms with E-state index in [-0.39, 0.29) is 11.9 Å². The van der Waals surface area contributed by atoms with E-state index in [2.05, 4.69) is 10.4 Å². The van der Waals surface area contributed by atoms with Gasteiger partial charge in [0, 0.05) is 32.4 Å². The summed E-state index contributed by atoms with van der Waals surface area (Å²) in [4.78, 5) is 14.0. The second-order valence-electron chi connectivity index (χ2n) is 4.25. The Morgan fingerprint density at radius 1 is 1.50 bits per heavy atom. The van der Waals surface area contributed by atoms with Crippen LogP contribution in [0.2, 0.25) is 0 Å². The maximum Gasteiger partial charge on any atom is 0.247 e. The first kappa shape index (κ1) is 11.1. The van der Waals surface area contributed by atoms with Gasteiger partial charge in [-0.1, -0.05) is 0 Å². The van der Waals surface area contributed by atoms with E-state index in [4.69, 9.17) is 0 Å². The molecule has 2 heterocycles. The lowest BCUT2D eigenvalue weighted by molar-refractivity contribution is -0.135. The predicted octanol–water partition coefficient (Wildman–Crippen LogP) is 0.184. The van der Waals surface area contributed by atoms with Gasteiger partial charge in [0.25, 0.3) is 0 Å². The number of amides is 1. The van der Waals surface area contributed by atoms with Gasteiger partial charge in [0.1, 0.15) is 6.04 Å². The van der Waals surface area contributed by atoms with Gasteiger partial charge in [0.05, 0.1) is 6.20 Å². The Labute approximate surface area is 95.4 Å². The summed E-state index contributed by atoms with van der Waals surface area (Å²) in [5, 5.41) is 7.42. The first-order valence-corrected chi connectivity index (χ1v) is 5.69. The van der Waals surface area contributed by atoms with E-state index in [9.17, 15) is 4.79 Å². The van der Waals surface area contributed by atoms with Crippen LogP contribution >= 0.6 is 0 Å². The van der Waals surface area contributed by atoms with E-state index in [1.807, 2.05) is 24.9 Å². The predicted molar refractivity (Wildman–Crippen MR) is 61.1 cm³/mol. The smallest absolute Gasteiger partial charge is 0.247 e. The van der Waals surface area contributed by atoms with E-state index in [1.54, 1.807) is 10.9 Å². The average molecular weight is 222 g/mol. The average Bonchev–Trinajstić information content (AvgIpc) is 2.75. The van der Waals surface area contributed by atoms with Crippen LogP contribution in [0.25, 0.3) is 0 Å². The van der Waals surface area contributed by atoms with Crippen molar-refractivity contribution in [3.05, 3.63) is 18.0 Å².